The third-order valence-corrected chi connectivity index (χ3v) is 4.62. The smallest absolute Gasteiger partial charge is 0.237 e. The number of hydrogen-bond donors (Lipinski definition) is 1. The highest BCUT2D eigenvalue weighted by Gasteiger charge is 2.18. The van der Waals surface area contributed by atoms with Gasteiger partial charge in [-0.05, 0) is 44.2 Å². The van der Waals surface area contributed by atoms with Crippen LogP contribution in [0, 0.1) is 0 Å². The molecule has 9 heteroatoms. The van der Waals surface area contributed by atoms with E-state index < -0.39 is 0 Å². The highest BCUT2D eigenvalue weighted by Crippen LogP contribution is 2.28. The molecule has 2 heterocycles. The molecule has 27 heavy (non-hydrogen) atoms. The molecular formula is C18H20N6O2S. The number of nitrogens with one attached hydrogen (secondary N) is 1. The van der Waals surface area contributed by atoms with Crippen molar-refractivity contribution in [1.29, 1.82) is 0 Å². The molecule has 2 aromatic heterocycles. The van der Waals surface area contributed by atoms with Crippen molar-refractivity contribution in [3.8, 4) is 17.1 Å². The standard InChI is InChI=1S/C18H20N6O2S/c1-12(2)24-16(13-5-7-14(26-3)8-6-13)22-23-18(24)27-11-15(25)21-17-19-9-4-10-20-17/h4-10,12H,11H2,1-3H3,(H,19,20,21,25). The third-order valence-electron chi connectivity index (χ3n) is 3.68. The quantitative estimate of drug-likeness (QED) is 0.626. The number of amides is 1. The topological polar surface area (TPSA) is 94.8 Å². The fraction of sp³-hybridized carbons (Fsp3) is 0.278. The van der Waals surface area contributed by atoms with Crippen LogP contribution in [0.25, 0.3) is 11.4 Å². The molecule has 0 fully saturated rings. The molecule has 1 N–H and O–H groups in total. The summed E-state index contributed by atoms with van der Waals surface area (Å²) >= 11 is 1.32. The van der Waals surface area contributed by atoms with Gasteiger partial charge in [0.15, 0.2) is 11.0 Å². The van der Waals surface area contributed by atoms with E-state index in [2.05, 4.69) is 39.3 Å². The molecule has 0 atom stereocenters. The van der Waals surface area contributed by atoms with Crippen molar-refractivity contribution < 1.29 is 9.53 Å². The lowest BCUT2D eigenvalue weighted by Gasteiger charge is -2.14. The molecule has 0 saturated heterocycles. The fourth-order valence-corrected chi connectivity index (χ4v) is 3.30. The Kier molecular flexibility index (Phi) is 6.02. The number of methoxy groups -OCH3 is 1. The maximum absolute atomic E-state index is 12.1. The lowest BCUT2D eigenvalue weighted by molar-refractivity contribution is -0.113. The lowest BCUT2D eigenvalue weighted by atomic mass is 10.2. The Balaban J connectivity index is 1.73. The van der Waals surface area contributed by atoms with E-state index in [1.807, 2.05) is 28.8 Å². The van der Waals surface area contributed by atoms with Crippen LogP contribution in [0.5, 0.6) is 5.75 Å². The van der Waals surface area contributed by atoms with E-state index in [0.717, 1.165) is 17.1 Å². The Morgan fingerprint density at radius 3 is 2.52 bits per heavy atom. The average Bonchev–Trinajstić information content (AvgIpc) is 3.11. The van der Waals surface area contributed by atoms with Crippen molar-refractivity contribution in [2.45, 2.75) is 25.0 Å². The van der Waals surface area contributed by atoms with Crippen molar-refractivity contribution >= 4 is 23.6 Å². The summed E-state index contributed by atoms with van der Waals surface area (Å²) in [5.41, 5.74) is 0.936. The molecule has 1 amide bonds. The summed E-state index contributed by atoms with van der Waals surface area (Å²) < 4.78 is 7.21. The van der Waals surface area contributed by atoms with Crippen LogP contribution in [0.3, 0.4) is 0 Å². The van der Waals surface area contributed by atoms with E-state index in [1.54, 1.807) is 25.6 Å². The second kappa shape index (κ2) is 8.63. The Morgan fingerprint density at radius 1 is 1.19 bits per heavy atom. The number of nitrogens with zero attached hydrogens (tertiary/aromatic N) is 5. The predicted molar refractivity (Wildman–Crippen MR) is 104 cm³/mol. The normalized spacial score (nSPS) is 10.8. The van der Waals surface area contributed by atoms with Gasteiger partial charge >= 0.3 is 0 Å². The Morgan fingerprint density at radius 2 is 1.89 bits per heavy atom. The number of ether oxygens (including phenoxy) is 1. The summed E-state index contributed by atoms with van der Waals surface area (Å²) in [5, 5.41) is 11.9. The number of rotatable bonds is 7. The molecule has 8 nitrogen and oxygen atoms in total. The summed E-state index contributed by atoms with van der Waals surface area (Å²) in [5.74, 6) is 1.81. The van der Waals surface area contributed by atoms with Gasteiger partial charge in [-0.1, -0.05) is 11.8 Å². The van der Waals surface area contributed by atoms with Gasteiger partial charge in [0.25, 0.3) is 0 Å². The summed E-state index contributed by atoms with van der Waals surface area (Å²) in [7, 11) is 1.63. The van der Waals surface area contributed by atoms with Crippen LogP contribution in [0.15, 0.2) is 47.9 Å². The van der Waals surface area contributed by atoms with Gasteiger partial charge in [0.05, 0.1) is 12.9 Å². The molecule has 1 aromatic carbocycles. The number of carbonyl (C=O) groups is 1. The predicted octanol–water partition coefficient (Wildman–Crippen LogP) is 3.06. The first-order chi connectivity index (χ1) is 13.1. The molecule has 0 aliphatic carbocycles. The zero-order valence-electron chi connectivity index (χ0n) is 15.3. The first kappa shape index (κ1) is 18.8. The van der Waals surface area contributed by atoms with Gasteiger partial charge < -0.3 is 4.74 Å². The van der Waals surface area contributed by atoms with Crippen LogP contribution in [0.2, 0.25) is 0 Å². The van der Waals surface area contributed by atoms with Gasteiger partial charge in [-0.25, -0.2) is 9.97 Å². The monoisotopic (exact) mass is 384 g/mol. The fourth-order valence-electron chi connectivity index (χ4n) is 2.43. The second-order valence-corrected chi connectivity index (χ2v) is 6.85. The molecule has 0 unspecified atom stereocenters. The number of thioether (sulfide) groups is 1. The molecule has 0 aliphatic heterocycles. The molecule has 0 spiro atoms. The van der Waals surface area contributed by atoms with Crippen LogP contribution >= 0.6 is 11.8 Å². The molecule has 3 aromatic rings. The molecule has 0 aliphatic rings. The highest BCUT2D eigenvalue weighted by atomic mass is 32.2. The van der Waals surface area contributed by atoms with Gasteiger partial charge in [0.2, 0.25) is 11.9 Å². The van der Waals surface area contributed by atoms with Gasteiger partial charge in [0.1, 0.15) is 5.75 Å². The minimum Gasteiger partial charge on any atom is -0.497 e. The van der Waals surface area contributed by atoms with Gasteiger partial charge in [-0.3, -0.25) is 14.7 Å². The van der Waals surface area contributed by atoms with E-state index in [-0.39, 0.29) is 23.7 Å². The Hall–Kier alpha value is -2.94. The van der Waals surface area contributed by atoms with Crippen molar-refractivity contribution in [3.05, 3.63) is 42.7 Å². The highest BCUT2D eigenvalue weighted by molar-refractivity contribution is 7.99. The maximum atomic E-state index is 12.1. The van der Waals surface area contributed by atoms with Gasteiger partial charge in [0, 0.05) is 24.0 Å². The number of hydrogen-bond acceptors (Lipinski definition) is 7. The van der Waals surface area contributed by atoms with Crippen LogP contribution in [0.1, 0.15) is 19.9 Å². The number of aromatic nitrogens is 5. The molecule has 140 valence electrons. The zero-order chi connectivity index (χ0) is 19.2. The first-order valence-electron chi connectivity index (χ1n) is 8.37. The number of anilines is 1. The first-order valence-corrected chi connectivity index (χ1v) is 9.36. The molecular weight excluding hydrogens is 364 g/mol. The second-order valence-electron chi connectivity index (χ2n) is 5.91. The maximum Gasteiger partial charge on any atom is 0.237 e. The third kappa shape index (κ3) is 4.62. The van der Waals surface area contributed by atoms with Crippen molar-refractivity contribution in [2.24, 2.45) is 0 Å². The van der Waals surface area contributed by atoms with E-state index in [0.29, 0.717) is 5.16 Å². The van der Waals surface area contributed by atoms with E-state index in [1.165, 1.54) is 11.8 Å². The lowest BCUT2D eigenvalue weighted by Crippen LogP contribution is -2.16. The SMILES string of the molecule is COc1ccc(-c2nnc(SCC(=O)Nc3ncccn3)n2C(C)C)cc1. The van der Waals surface area contributed by atoms with Gasteiger partial charge in [-0.15, -0.1) is 10.2 Å². The van der Waals surface area contributed by atoms with Crippen LogP contribution < -0.4 is 10.1 Å². The van der Waals surface area contributed by atoms with Crippen molar-refractivity contribution in [2.75, 3.05) is 18.2 Å². The van der Waals surface area contributed by atoms with Crippen LogP contribution in [0.4, 0.5) is 5.95 Å². The van der Waals surface area contributed by atoms with Crippen LogP contribution in [-0.4, -0.2) is 43.5 Å². The summed E-state index contributed by atoms with van der Waals surface area (Å²) in [6.07, 6.45) is 3.15. The Bertz CT molecular complexity index is 896. The van der Waals surface area contributed by atoms with Crippen molar-refractivity contribution in [3.63, 3.8) is 0 Å². The number of benzene rings is 1. The van der Waals surface area contributed by atoms with Crippen molar-refractivity contribution in [1.82, 2.24) is 24.7 Å². The Labute approximate surface area is 161 Å². The summed E-state index contributed by atoms with van der Waals surface area (Å²) in [4.78, 5) is 20.1. The average molecular weight is 384 g/mol. The summed E-state index contributed by atoms with van der Waals surface area (Å²) in [6.45, 7) is 4.11. The van der Waals surface area contributed by atoms with E-state index >= 15 is 0 Å². The molecule has 0 radical (unpaired) electrons. The molecule has 0 bridgehead atoms. The minimum atomic E-state index is -0.199. The minimum absolute atomic E-state index is 0.139. The van der Waals surface area contributed by atoms with E-state index in [9.17, 15) is 4.79 Å². The van der Waals surface area contributed by atoms with E-state index in [4.69, 9.17) is 4.74 Å². The molecule has 0 saturated carbocycles. The zero-order valence-corrected chi connectivity index (χ0v) is 16.1. The number of carbonyl (C=O) groups excluding carboxylic acids is 1. The molecule has 3 rings (SSSR count). The van der Waals surface area contributed by atoms with Gasteiger partial charge in [-0.2, -0.15) is 0 Å². The van der Waals surface area contributed by atoms with Crippen LogP contribution in [-0.2, 0) is 4.79 Å². The summed E-state index contributed by atoms with van der Waals surface area (Å²) in [6, 6.07) is 9.48. The largest absolute Gasteiger partial charge is 0.497 e.